The van der Waals surface area contributed by atoms with E-state index in [1.54, 1.807) is 0 Å². The molecule has 96 valence electrons. The highest BCUT2D eigenvalue weighted by molar-refractivity contribution is 5.51. The maximum Gasteiger partial charge on any atom is 0.0120 e. The highest BCUT2D eigenvalue weighted by atomic mass is 14.3. The fourth-order valence-corrected chi connectivity index (χ4v) is 3.37. The number of hydrogen-bond donors (Lipinski definition) is 0. The summed E-state index contributed by atoms with van der Waals surface area (Å²) in [5.74, 6) is 1.29. The van der Waals surface area contributed by atoms with Gasteiger partial charge in [-0.1, -0.05) is 63.6 Å². The van der Waals surface area contributed by atoms with Crippen molar-refractivity contribution in [3.8, 4) is 0 Å². The van der Waals surface area contributed by atoms with Gasteiger partial charge >= 0.3 is 0 Å². The van der Waals surface area contributed by atoms with Crippen LogP contribution in [0.25, 0.3) is 0 Å². The first kappa shape index (κ1) is 13.1. The SMILES string of the molecule is C=C1Cc2ccccc2C(C(CC)CC)/C1=C/C. The van der Waals surface area contributed by atoms with Gasteiger partial charge < -0.3 is 0 Å². The number of hydrogen-bond acceptors (Lipinski definition) is 0. The third-order valence-corrected chi connectivity index (χ3v) is 4.37. The minimum atomic E-state index is 0.558. The van der Waals surface area contributed by atoms with Gasteiger partial charge in [0.2, 0.25) is 0 Å². The van der Waals surface area contributed by atoms with E-state index in [1.165, 1.54) is 35.1 Å². The lowest BCUT2D eigenvalue weighted by Gasteiger charge is -2.35. The largest absolute Gasteiger partial charge is 0.0952 e. The zero-order valence-electron chi connectivity index (χ0n) is 11.9. The van der Waals surface area contributed by atoms with E-state index in [9.17, 15) is 0 Å². The van der Waals surface area contributed by atoms with Gasteiger partial charge in [-0.2, -0.15) is 0 Å². The molecule has 0 heteroatoms. The Balaban J connectivity index is 2.54. The van der Waals surface area contributed by atoms with Crippen LogP contribution in [0.15, 0.2) is 48.1 Å². The summed E-state index contributed by atoms with van der Waals surface area (Å²) in [4.78, 5) is 0. The second kappa shape index (κ2) is 5.56. The first-order chi connectivity index (χ1) is 8.72. The van der Waals surface area contributed by atoms with Crippen LogP contribution in [0.5, 0.6) is 0 Å². The Labute approximate surface area is 111 Å². The highest BCUT2D eigenvalue weighted by Crippen LogP contribution is 2.44. The zero-order chi connectivity index (χ0) is 13.1. The van der Waals surface area contributed by atoms with E-state index in [2.05, 4.69) is 57.7 Å². The van der Waals surface area contributed by atoms with E-state index in [0.717, 1.165) is 12.3 Å². The molecule has 1 atom stereocenters. The molecule has 1 aliphatic rings. The summed E-state index contributed by atoms with van der Waals surface area (Å²) in [5.41, 5.74) is 5.80. The molecular weight excluding hydrogens is 216 g/mol. The van der Waals surface area contributed by atoms with Crippen LogP contribution in [0, 0.1) is 5.92 Å². The minimum absolute atomic E-state index is 0.558. The fourth-order valence-electron chi connectivity index (χ4n) is 3.37. The van der Waals surface area contributed by atoms with Gasteiger partial charge in [0.15, 0.2) is 0 Å². The van der Waals surface area contributed by atoms with Crippen molar-refractivity contribution >= 4 is 0 Å². The molecule has 0 bridgehead atoms. The molecule has 0 N–H and O–H groups in total. The van der Waals surface area contributed by atoms with Crippen molar-refractivity contribution in [2.45, 2.75) is 46.0 Å². The Kier molecular flexibility index (Phi) is 4.06. The average molecular weight is 240 g/mol. The Morgan fingerprint density at radius 2 is 1.94 bits per heavy atom. The van der Waals surface area contributed by atoms with Crippen molar-refractivity contribution in [3.05, 3.63) is 59.2 Å². The quantitative estimate of drug-likeness (QED) is 0.675. The van der Waals surface area contributed by atoms with E-state index in [0.29, 0.717) is 5.92 Å². The molecule has 0 amide bonds. The third-order valence-electron chi connectivity index (χ3n) is 4.37. The van der Waals surface area contributed by atoms with Crippen LogP contribution in [0.3, 0.4) is 0 Å². The third kappa shape index (κ3) is 2.16. The van der Waals surface area contributed by atoms with Crippen molar-refractivity contribution in [3.63, 3.8) is 0 Å². The van der Waals surface area contributed by atoms with Crippen LogP contribution in [0.4, 0.5) is 0 Å². The maximum atomic E-state index is 4.30. The van der Waals surface area contributed by atoms with Crippen LogP contribution in [0.2, 0.25) is 0 Å². The molecule has 18 heavy (non-hydrogen) atoms. The molecule has 1 unspecified atom stereocenters. The molecule has 0 heterocycles. The van der Waals surface area contributed by atoms with Crippen molar-refractivity contribution < 1.29 is 0 Å². The second-order valence-corrected chi connectivity index (χ2v) is 5.28. The Bertz CT molecular complexity index is 461. The van der Waals surface area contributed by atoms with Crippen LogP contribution in [0.1, 0.15) is 50.7 Å². The average Bonchev–Trinajstić information content (AvgIpc) is 2.40. The van der Waals surface area contributed by atoms with Crippen LogP contribution < -0.4 is 0 Å². The van der Waals surface area contributed by atoms with E-state index in [-0.39, 0.29) is 0 Å². The molecule has 0 nitrogen and oxygen atoms in total. The number of rotatable bonds is 3. The number of fused-ring (bicyclic) bond motifs is 1. The van der Waals surface area contributed by atoms with E-state index in [4.69, 9.17) is 0 Å². The first-order valence-corrected chi connectivity index (χ1v) is 7.15. The summed E-state index contributed by atoms with van der Waals surface area (Å²) in [5, 5.41) is 0. The lowest BCUT2D eigenvalue weighted by molar-refractivity contribution is 0.428. The maximum absolute atomic E-state index is 4.30. The van der Waals surface area contributed by atoms with E-state index in [1.807, 2.05) is 0 Å². The van der Waals surface area contributed by atoms with Gasteiger partial charge in [0.25, 0.3) is 0 Å². The smallest absolute Gasteiger partial charge is 0.0120 e. The van der Waals surface area contributed by atoms with Gasteiger partial charge in [-0.25, -0.2) is 0 Å². The predicted octanol–water partition coefficient (Wildman–Crippen LogP) is 5.27. The monoisotopic (exact) mass is 240 g/mol. The molecule has 1 aromatic carbocycles. The second-order valence-electron chi connectivity index (χ2n) is 5.28. The molecular formula is C18H24. The first-order valence-electron chi connectivity index (χ1n) is 7.15. The predicted molar refractivity (Wildman–Crippen MR) is 79.9 cm³/mol. The van der Waals surface area contributed by atoms with Crippen LogP contribution in [-0.2, 0) is 6.42 Å². The molecule has 0 aromatic heterocycles. The topological polar surface area (TPSA) is 0 Å². The summed E-state index contributed by atoms with van der Waals surface area (Å²) in [7, 11) is 0. The summed E-state index contributed by atoms with van der Waals surface area (Å²) in [6, 6.07) is 8.91. The molecule has 0 saturated carbocycles. The summed E-state index contributed by atoms with van der Waals surface area (Å²) in [6.45, 7) is 11.1. The molecule has 0 aliphatic heterocycles. The molecule has 0 radical (unpaired) electrons. The van der Waals surface area contributed by atoms with Crippen molar-refractivity contribution in [2.24, 2.45) is 5.92 Å². The molecule has 0 fully saturated rings. The van der Waals surface area contributed by atoms with Gasteiger partial charge in [0, 0.05) is 5.92 Å². The van der Waals surface area contributed by atoms with Gasteiger partial charge in [0.05, 0.1) is 0 Å². The van der Waals surface area contributed by atoms with Gasteiger partial charge in [-0.05, 0) is 41.5 Å². The molecule has 0 saturated heterocycles. The van der Waals surface area contributed by atoms with Gasteiger partial charge in [0.1, 0.15) is 0 Å². The summed E-state index contributed by atoms with van der Waals surface area (Å²) >= 11 is 0. The summed E-state index contributed by atoms with van der Waals surface area (Å²) in [6.07, 6.45) is 5.77. The van der Waals surface area contributed by atoms with Crippen molar-refractivity contribution in [2.75, 3.05) is 0 Å². The van der Waals surface area contributed by atoms with Crippen LogP contribution >= 0.6 is 0 Å². The standard InChI is InChI=1S/C18H24/c1-5-14(6-2)18-16(7-3)13(4)12-15-10-8-9-11-17(15)18/h7-11,14,18H,4-6,12H2,1-3H3/b16-7+. The Hall–Kier alpha value is -1.30. The summed E-state index contributed by atoms with van der Waals surface area (Å²) < 4.78 is 0. The highest BCUT2D eigenvalue weighted by Gasteiger charge is 2.30. The molecule has 2 rings (SSSR count). The number of allylic oxidation sites excluding steroid dienone is 3. The fraction of sp³-hybridized carbons (Fsp3) is 0.444. The molecule has 0 spiro atoms. The van der Waals surface area contributed by atoms with E-state index >= 15 is 0 Å². The number of benzene rings is 1. The normalized spacial score (nSPS) is 21.4. The Morgan fingerprint density at radius 3 is 2.56 bits per heavy atom. The van der Waals surface area contributed by atoms with Crippen molar-refractivity contribution in [1.29, 1.82) is 0 Å². The zero-order valence-corrected chi connectivity index (χ0v) is 11.9. The van der Waals surface area contributed by atoms with Crippen LogP contribution in [-0.4, -0.2) is 0 Å². The lowest BCUT2D eigenvalue weighted by atomic mass is 9.69. The molecule has 1 aromatic rings. The van der Waals surface area contributed by atoms with Gasteiger partial charge in [-0.3, -0.25) is 0 Å². The molecule has 1 aliphatic carbocycles. The van der Waals surface area contributed by atoms with Crippen molar-refractivity contribution in [1.82, 2.24) is 0 Å². The lowest BCUT2D eigenvalue weighted by Crippen LogP contribution is -2.21. The van der Waals surface area contributed by atoms with Gasteiger partial charge in [-0.15, -0.1) is 0 Å². The Morgan fingerprint density at radius 1 is 1.28 bits per heavy atom. The minimum Gasteiger partial charge on any atom is -0.0952 e. The van der Waals surface area contributed by atoms with E-state index < -0.39 is 0 Å².